The number of nitrogens with one attached hydrogen (secondary N) is 1. The fourth-order valence-electron chi connectivity index (χ4n) is 1.64. The maximum absolute atomic E-state index is 12.8. The second kappa shape index (κ2) is 6.33. The molecule has 0 bridgehead atoms. The number of benzene rings is 1. The molecule has 1 heterocycles. The Balaban J connectivity index is 1.81. The molecule has 0 radical (unpaired) electrons. The largest absolute Gasteiger partial charge is 0.352 e. The van der Waals surface area contributed by atoms with Gasteiger partial charge in [0, 0.05) is 25.5 Å². The summed E-state index contributed by atoms with van der Waals surface area (Å²) < 4.78 is 14.6. The monoisotopic (exact) mass is 281 g/mol. The first-order valence-electron chi connectivity index (χ1n) is 5.87. The molecule has 0 fully saturated rings. The minimum Gasteiger partial charge on any atom is -0.352 e. The Morgan fingerprint density at radius 3 is 3.00 bits per heavy atom. The van der Waals surface area contributed by atoms with Crippen LogP contribution in [-0.4, -0.2) is 22.2 Å². The first-order valence-corrected chi connectivity index (χ1v) is 6.25. The number of nitrogens with zero attached hydrogens (tertiary/aromatic N) is 2. The van der Waals surface area contributed by atoms with Crippen molar-refractivity contribution in [1.29, 1.82) is 0 Å². The SMILES string of the molecule is O=C(NCCCn1cccn1)c1ccc(F)cc1Cl. The third kappa shape index (κ3) is 3.79. The van der Waals surface area contributed by atoms with Crippen molar-refractivity contribution in [2.75, 3.05) is 6.54 Å². The quantitative estimate of drug-likeness (QED) is 0.856. The van der Waals surface area contributed by atoms with Gasteiger partial charge in [0.15, 0.2) is 0 Å². The van der Waals surface area contributed by atoms with Gasteiger partial charge in [-0.25, -0.2) is 4.39 Å². The van der Waals surface area contributed by atoms with Gasteiger partial charge >= 0.3 is 0 Å². The number of hydrogen-bond acceptors (Lipinski definition) is 2. The number of halogens is 2. The molecule has 1 aromatic carbocycles. The number of carbonyl (C=O) groups is 1. The molecular weight excluding hydrogens is 269 g/mol. The van der Waals surface area contributed by atoms with Crippen LogP contribution in [0.15, 0.2) is 36.7 Å². The third-order valence-electron chi connectivity index (χ3n) is 2.58. The van der Waals surface area contributed by atoms with Crippen LogP contribution >= 0.6 is 11.6 Å². The van der Waals surface area contributed by atoms with Gasteiger partial charge in [0.25, 0.3) is 5.91 Å². The van der Waals surface area contributed by atoms with Gasteiger partial charge in [0.1, 0.15) is 5.82 Å². The molecule has 0 aliphatic rings. The highest BCUT2D eigenvalue weighted by Crippen LogP contribution is 2.16. The van der Waals surface area contributed by atoms with Crippen LogP contribution in [-0.2, 0) is 6.54 Å². The average molecular weight is 282 g/mol. The predicted octanol–water partition coefficient (Wildman–Crippen LogP) is 2.50. The summed E-state index contributed by atoms with van der Waals surface area (Å²) >= 11 is 5.80. The van der Waals surface area contributed by atoms with Crippen molar-refractivity contribution in [3.8, 4) is 0 Å². The van der Waals surface area contributed by atoms with Crippen molar-refractivity contribution in [1.82, 2.24) is 15.1 Å². The Kier molecular flexibility index (Phi) is 4.52. The minimum absolute atomic E-state index is 0.115. The van der Waals surface area contributed by atoms with E-state index in [2.05, 4.69) is 10.4 Å². The lowest BCUT2D eigenvalue weighted by Crippen LogP contribution is -2.25. The zero-order valence-corrected chi connectivity index (χ0v) is 10.9. The van der Waals surface area contributed by atoms with Gasteiger partial charge in [-0.05, 0) is 30.7 Å². The number of aromatic nitrogens is 2. The van der Waals surface area contributed by atoms with E-state index in [1.54, 1.807) is 10.9 Å². The molecule has 1 amide bonds. The molecule has 0 aliphatic carbocycles. The predicted molar refractivity (Wildman–Crippen MR) is 70.6 cm³/mol. The van der Waals surface area contributed by atoms with E-state index in [1.807, 2.05) is 12.3 Å². The van der Waals surface area contributed by atoms with Gasteiger partial charge in [-0.1, -0.05) is 11.6 Å². The van der Waals surface area contributed by atoms with Crippen molar-refractivity contribution in [3.05, 3.63) is 53.1 Å². The lowest BCUT2D eigenvalue weighted by Gasteiger charge is -2.07. The van der Waals surface area contributed by atoms with Gasteiger partial charge < -0.3 is 5.32 Å². The summed E-state index contributed by atoms with van der Waals surface area (Å²) in [6.07, 6.45) is 4.32. The highest BCUT2D eigenvalue weighted by molar-refractivity contribution is 6.33. The molecule has 0 saturated carbocycles. The highest BCUT2D eigenvalue weighted by atomic mass is 35.5. The summed E-state index contributed by atoms with van der Waals surface area (Å²) in [6, 6.07) is 5.56. The molecule has 100 valence electrons. The molecule has 0 saturated heterocycles. The Bertz CT molecular complexity index is 557. The molecule has 19 heavy (non-hydrogen) atoms. The molecule has 0 unspecified atom stereocenters. The van der Waals surface area contributed by atoms with Crippen LogP contribution in [0.5, 0.6) is 0 Å². The summed E-state index contributed by atoms with van der Waals surface area (Å²) in [5, 5.41) is 6.91. The van der Waals surface area contributed by atoms with Crippen molar-refractivity contribution in [2.24, 2.45) is 0 Å². The van der Waals surface area contributed by atoms with Gasteiger partial charge in [0.05, 0.1) is 10.6 Å². The Hall–Kier alpha value is -1.88. The Morgan fingerprint density at radius 1 is 1.47 bits per heavy atom. The zero-order chi connectivity index (χ0) is 13.7. The van der Waals surface area contributed by atoms with E-state index >= 15 is 0 Å². The zero-order valence-electron chi connectivity index (χ0n) is 10.1. The van der Waals surface area contributed by atoms with E-state index in [-0.39, 0.29) is 16.5 Å². The molecule has 1 N–H and O–H groups in total. The molecule has 0 aliphatic heterocycles. The second-order valence-electron chi connectivity index (χ2n) is 4.00. The van der Waals surface area contributed by atoms with Crippen molar-refractivity contribution < 1.29 is 9.18 Å². The summed E-state index contributed by atoms with van der Waals surface area (Å²) in [5.74, 6) is -0.759. The summed E-state index contributed by atoms with van der Waals surface area (Å²) in [5.41, 5.74) is 0.280. The molecule has 0 spiro atoms. The second-order valence-corrected chi connectivity index (χ2v) is 4.41. The molecule has 6 heteroatoms. The fraction of sp³-hybridized carbons (Fsp3) is 0.231. The van der Waals surface area contributed by atoms with Gasteiger partial charge in [-0.2, -0.15) is 5.10 Å². The van der Waals surface area contributed by atoms with Crippen molar-refractivity contribution in [3.63, 3.8) is 0 Å². The van der Waals surface area contributed by atoms with Crippen LogP contribution in [0.1, 0.15) is 16.8 Å². The van der Waals surface area contributed by atoms with E-state index < -0.39 is 5.82 Å². The highest BCUT2D eigenvalue weighted by Gasteiger charge is 2.10. The first kappa shape index (κ1) is 13.5. The summed E-state index contributed by atoms with van der Waals surface area (Å²) in [6.45, 7) is 1.23. The summed E-state index contributed by atoms with van der Waals surface area (Å²) in [4.78, 5) is 11.8. The molecular formula is C13H13ClFN3O. The number of rotatable bonds is 5. The molecule has 2 aromatic rings. The van der Waals surface area contributed by atoms with Crippen LogP contribution in [0.25, 0.3) is 0 Å². The maximum Gasteiger partial charge on any atom is 0.252 e. The van der Waals surface area contributed by atoms with Crippen LogP contribution < -0.4 is 5.32 Å². The first-order chi connectivity index (χ1) is 9.16. The smallest absolute Gasteiger partial charge is 0.252 e. The van der Waals surface area contributed by atoms with Gasteiger partial charge in [0.2, 0.25) is 0 Å². The lowest BCUT2D eigenvalue weighted by atomic mass is 10.2. The Morgan fingerprint density at radius 2 is 2.32 bits per heavy atom. The van der Waals surface area contributed by atoms with Gasteiger partial charge in [-0.3, -0.25) is 9.48 Å². The molecule has 1 aromatic heterocycles. The third-order valence-corrected chi connectivity index (χ3v) is 2.90. The Labute approximate surface area is 115 Å². The standard InChI is InChI=1S/C13H13ClFN3O/c14-12-9-10(15)3-4-11(12)13(19)16-5-1-7-18-8-2-6-17-18/h2-4,6,8-9H,1,5,7H2,(H,16,19). The number of hydrogen-bond donors (Lipinski definition) is 1. The van der Waals surface area contributed by atoms with Gasteiger partial charge in [-0.15, -0.1) is 0 Å². The lowest BCUT2D eigenvalue weighted by molar-refractivity contribution is 0.0952. The van der Waals surface area contributed by atoms with E-state index in [1.165, 1.54) is 12.1 Å². The maximum atomic E-state index is 12.8. The van der Waals surface area contributed by atoms with E-state index in [4.69, 9.17) is 11.6 Å². The van der Waals surface area contributed by atoms with E-state index in [0.29, 0.717) is 6.54 Å². The number of amides is 1. The van der Waals surface area contributed by atoms with Crippen molar-refractivity contribution >= 4 is 17.5 Å². The van der Waals surface area contributed by atoms with Crippen LogP contribution in [0.2, 0.25) is 5.02 Å². The normalized spacial score (nSPS) is 10.4. The number of carbonyl (C=O) groups excluding carboxylic acids is 1. The van der Waals surface area contributed by atoms with Crippen LogP contribution in [0.3, 0.4) is 0 Å². The average Bonchev–Trinajstić information content (AvgIpc) is 2.87. The fourth-order valence-corrected chi connectivity index (χ4v) is 1.90. The summed E-state index contributed by atoms with van der Waals surface area (Å²) in [7, 11) is 0. The molecule has 4 nitrogen and oxygen atoms in total. The number of aryl methyl sites for hydroxylation is 1. The minimum atomic E-state index is -0.458. The van der Waals surface area contributed by atoms with E-state index in [9.17, 15) is 9.18 Å². The molecule has 0 atom stereocenters. The topological polar surface area (TPSA) is 46.9 Å². The molecule has 2 rings (SSSR count). The van der Waals surface area contributed by atoms with Crippen LogP contribution in [0, 0.1) is 5.82 Å². The van der Waals surface area contributed by atoms with Crippen molar-refractivity contribution in [2.45, 2.75) is 13.0 Å². The van der Waals surface area contributed by atoms with E-state index in [0.717, 1.165) is 19.0 Å². The van der Waals surface area contributed by atoms with Crippen LogP contribution in [0.4, 0.5) is 4.39 Å².